The molecule has 38 heavy (non-hydrogen) atoms. The Morgan fingerprint density at radius 2 is 0.789 bits per heavy atom. The second-order valence-corrected chi connectivity index (χ2v) is 8.89. The van der Waals surface area contributed by atoms with Crippen molar-refractivity contribution in [2.75, 3.05) is 0 Å². The molecule has 4 heteroatoms. The molecule has 0 unspecified atom stereocenters. The number of benzene rings is 4. The minimum atomic E-state index is 0.328. The molecule has 194 valence electrons. The first-order chi connectivity index (χ1) is 18.3. The van der Waals surface area contributed by atoms with Crippen molar-refractivity contribution in [3.8, 4) is 33.8 Å². The van der Waals surface area contributed by atoms with Gasteiger partial charge in [-0.1, -0.05) is 132 Å². The summed E-state index contributed by atoms with van der Waals surface area (Å²) in [5.41, 5.74) is 11.2. The van der Waals surface area contributed by atoms with Gasteiger partial charge < -0.3 is 10.2 Å². The summed E-state index contributed by atoms with van der Waals surface area (Å²) in [4.78, 5) is 0. The molecule has 5 aromatic rings. The monoisotopic (exact) mass is 558 g/mol. The van der Waals surface area contributed by atoms with Gasteiger partial charge in [-0.25, -0.2) is 0 Å². The van der Waals surface area contributed by atoms with E-state index in [0.717, 1.165) is 22.3 Å². The van der Waals surface area contributed by atoms with Gasteiger partial charge in [0.25, 0.3) is 0 Å². The Morgan fingerprint density at radius 3 is 1.05 bits per heavy atom. The summed E-state index contributed by atoms with van der Waals surface area (Å²) >= 11 is 1.47. The first-order valence-corrected chi connectivity index (χ1v) is 14.5. The molecule has 0 bridgehead atoms. The standard InChI is InChI=1S/2C12H10O.C10H15.ClH.Ti/c2*13-12-9-5-4-8-11(12)10-6-2-1-3-7-10;1-6-7(2)9(4)10(5)8(6)3;;/h2*1-9,13H;1-5H3;1H;/q;;-1;;+2/p-1. The van der Waals surface area contributed by atoms with E-state index in [1.54, 1.807) is 12.1 Å². The minimum absolute atomic E-state index is 0.328. The Hall–Kier alpha value is -3.17. The van der Waals surface area contributed by atoms with Crippen LogP contribution in [0.1, 0.15) is 27.8 Å². The van der Waals surface area contributed by atoms with Crippen molar-refractivity contribution >= 4 is 9.30 Å². The summed E-state index contributed by atoms with van der Waals surface area (Å²) in [5.74, 6) is 0.655. The molecule has 0 radical (unpaired) electrons. The summed E-state index contributed by atoms with van der Waals surface area (Å²) in [6.07, 6.45) is 0. The first kappa shape index (κ1) is 31.1. The fourth-order valence-corrected chi connectivity index (χ4v) is 4.08. The Balaban J connectivity index is 0.000000196. The predicted octanol–water partition coefficient (Wildman–Crippen LogP) is 9.75. The van der Waals surface area contributed by atoms with E-state index in [0.29, 0.717) is 11.5 Å². The molecule has 0 aromatic heterocycles. The van der Waals surface area contributed by atoms with Crippen LogP contribution in [0.25, 0.3) is 22.3 Å². The van der Waals surface area contributed by atoms with Crippen LogP contribution in [0.2, 0.25) is 0 Å². The van der Waals surface area contributed by atoms with Crippen LogP contribution in [-0.2, 0) is 19.4 Å². The van der Waals surface area contributed by atoms with E-state index in [2.05, 4.69) is 43.9 Å². The number of phenols is 2. The molecule has 0 aliphatic carbocycles. The van der Waals surface area contributed by atoms with Gasteiger partial charge in [0.1, 0.15) is 11.5 Å². The molecule has 0 heterocycles. The van der Waals surface area contributed by atoms with Gasteiger partial charge in [0.05, 0.1) is 0 Å². The number of phenolic OH excluding ortho intramolecular Hbond substituents is 2. The van der Waals surface area contributed by atoms with Crippen molar-refractivity contribution in [2.24, 2.45) is 0 Å². The molecule has 0 atom stereocenters. The average Bonchev–Trinajstić information content (AvgIpc) is 3.13. The molecular weight excluding hydrogens is 524 g/mol. The number of aromatic hydroxyl groups is 2. The summed E-state index contributed by atoms with van der Waals surface area (Å²) in [5, 5.41) is 19.1. The Morgan fingerprint density at radius 1 is 0.500 bits per heavy atom. The third kappa shape index (κ3) is 8.43. The summed E-state index contributed by atoms with van der Waals surface area (Å²) < 4.78 is 0. The molecule has 0 saturated carbocycles. The van der Waals surface area contributed by atoms with Crippen LogP contribution >= 0.6 is 9.30 Å². The summed E-state index contributed by atoms with van der Waals surface area (Å²) in [6.45, 7) is 11.0. The molecule has 2 nitrogen and oxygen atoms in total. The van der Waals surface area contributed by atoms with Gasteiger partial charge in [0, 0.05) is 11.1 Å². The number of para-hydroxylation sites is 2. The van der Waals surface area contributed by atoms with Gasteiger partial charge in [-0.15, -0.1) is 0 Å². The average molecular weight is 559 g/mol. The molecule has 0 aliphatic rings. The van der Waals surface area contributed by atoms with Gasteiger partial charge >= 0.3 is 28.7 Å². The molecule has 0 spiro atoms. The van der Waals surface area contributed by atoms with Crippen LogP contribution in [0.5, 0.6) is 11.5 Å². The van der Waals surface area contributed by atoms with E-state index in [-0.39, 0.29) is 0 Å². The third-order valence-corrected chi connectivity index (χ3v) is 6.79. The third-order valence-electron chi connectivity index (χ3n) is 6.79. The predicted molar refractivity (Wildman–Crippen MR) is 159 cm³/mol. The zero-order valence-electron chi connectivity index (χ0n) is 22.7. The van der Waals surface area contributed by atoms with Gasteiger partial charge in [0.2, 0.25) is 0 Å². The van der Waals surface area contributed by atoms with E-state index < -0.39 is 0 Å². The van der Waals surface area contributed by atoms with Gasteiger partial charge in [-0.05, 0) is 23.3 Å². The molecule has 0 fully saturated rings. The van der Waals surface area contributed by atoms with Crippen LogP contribution in [0.15, 0.2) is 109 Å². The number of hydrogen-bond acceptors (Lipinski definition) is 2. The van der Waals surface area contributed by atoms with Crippen molar-refractivity contribution < 1.29 is 29.6 Å². The Kier molecular flexibility index (Phi) is 13.0. The van der Waals surface area contributed by atoms with Crippen LogP contribution in [0.4, 0.5) is 0 Å². The van der Waals surface area contributed by atoms with E-state index in [1.807, 2.05) is 97.1 Å². The van der Waals surface area contributed by atoms with Crippen molar-refractivity contribution in [1.82, 2.24) is 0 Å². The van der Waals surface area contributed by atoms with E-state index in [9.17, 15) is 10.2 Å². The summed E-state index contributed by atoms with van der Waals surface area (Å²) in [6, 6.07) is 34.4. The Labute approximate surface area is 243 Å². The number of halogens is 1. The normalized spacial score (nSPS) is 9.61. The van der Waals surface area contributed by atoms with Crippen molar-refractivity contribution in [1.29, 1.82) is 0 Å². The Bertz CT molecular complexity index is 1230. The first-order valence-electron chi connectivity index (χ1n) is 12.4. The molecule has 0 amide bonds. The fourth-order valence-electron chi connectivity index (χ4n) is 4.08. The molecule has 0 saturated heterocycles. The molecule has 5 rings (SSSR count). The second-order valence-electron chi connectivity index (χ2n) is 8.89. The zero-order chi connectivity index (χ0) is 28.1. The van der Waals surface area contributed by atoms with Crippen LogP contribution in [-0.4, -0.2) is 10.2 Å². The van der Waals surface area contributed by atoms with Gasteiger partial charge in [-0.2, -0.15) is 27.8 Å². The van der Waals surface area contributed by atoms with Crippen LogP contribution in [0.3, 0.4) is 0 Å². The zero-order valence-corrected chi connectivity index (χ0v) is 25.0. The summed E-state index contributed by atoms with van der Waals surface area (Å²) in [7, 11) is 4.64. The number of hydrogen-bond donors (Lipinski definition) is 2. The molecule has 2 N–H and O–H groups in total. The van der Waals surface area contributed by atoms with Crippen LogP contribution < -0.4 is 0 Å². The topological polar surface area (TPSA) is 40.5 Å². The van der Waals surface area contributed by atoms with Crippen molar-refractivity contribution in [3.63, 3.8) is 0 Å². The van der Waals surface area contributed by atoms with E-state index >= 15 is 0 Å². The molecular formula is C34H35ClO2Ti. The molecule has 0 aliphatic heterocycles. The second kappa shape index (κ2) is 15.9. The van der Waals surface area contributed by atoms with Gasteiger partial charge in [0.15, 0.2) is 0 Å². The van der Waals surface area contributed by atoms with E-state index in [1.165, 1.54) is 47.2 Å². The van der Waals surface area contributed by atoms with Gasteiger partial charge in [-0.3, -0.25) is 0 Å². The SMILES string of the molecule is Cc1c(C)c(C)[c-](C)c1C.Oc1ccccc1-c1ccccc1.Oc1ccccc1-c1ccccc1.[Cl][Ti+]. The maximum atomic E-state index is 9.56. The van der Waals surface area contributed by atoms with Crippen LogP contribution in [0, 0.1) is 34.6 Å². The van der Waals surface area contributed by atoms with E-state index in [4.69, 9.17) is 0 Å². The number of rotatable bonds is 2. The maximum absolute atomic E-state index is 9.56. The van der Waals surface area contributed by atoms with Crippen molar-refractivity contribution in [2.45, 2.75) is 34.6 Å². The quantitative estimate of drug-likeness (QED) is 0.167. The fraction of sp³-hybridized carbons (Fsp3) is 0.147. The molecule has 5 aromatic carbocycles. The van der Waals surface area contributed by atoms with Crippen molar-refractivity contribution in [3.05, 3.63) is 137 Å².